The lowest BCUT2D eigenvalue weighted by molar-refractivity contribution is -0.000971. The number of halogens is 3. The SMILES string of the molecule is C=CCC(F)(F)c1nc(NC(=O)Nc2ccccc2N2CC(C)(C)c3c(-c4ccc(C(C)(C)C)cc4)c(F)cc(O)c32)cs1. The minimum absolute atomic E-state index is 0.00777. The van der Waals surface area contributed by atoms with E-state index in [1.54, 1.807) is 24.3 Å². The highest BCUT2D eigenvalue weighted by Gasteiger charge is 2.42. The predicted octanol–water partition coefficient (Wildman–Crippen LogP) is 9.69. The molecule has 0 unspecified atom stereocenters. The summed E-state index contributed by atoms with van der Waals surface area (Å²) in [7, 11) is 0. The van der Waals surface area contributed by atoms with Gasteiger partial charge in [-0.05, 0) is 34.2 Å². The van der Waals surface area contributed by atoms with Gasteiger partial charge in [0.15, 0.2) is 5.01 Å². The second kappa shape index (κ2) is 11.3. The third kappa shape index (κ3) is 5.91. The van der Waals surface area contributed by atoms with Gasteiger partial charge in [0, 0.05) is 35.4 Å². The fraction of sp³-hybridized carbons (Fsp3) is 0.294. The average molecular weight is 621 g/mol. The third-order valence-corrected chi connectivity index (χ3v) is 8.63. The lowest BCUT2D eigenvalue weighted by Gasteiger charge is -2.25. The van der Waals surface area contributed by atoms with Crippen molar-refractivity contribution in [1.29, 1.82) is 0 Å². The number of alkyl halides is 2. The van der Waals surface area contributed by atoms with Crippen molar-refractivity contribution in [3.05, 3.63) is 94.6 Å². The highest BCUT2D eigenvalue weighted by atomic mass is 32.1. The van der Waals surface area contributed by atoms with Crippen LogP contribution >= 0.6 is 11.3 Å². The van der Waals surface area contributed by atoms with Crippen LogP contribution in [0.4, 0.5) is 40.8 Å². The standard InChI is InChI=1S/C34H35F3N4O2S/c1-7-16-34(36,37)30-39-26(18-44-30)40-31(43)38-23-10-8-9-11-24(23)41-19-33(5,6)28-27(22(35)17-25(42)29(28)41)20-12-14-21(15-13-20)32(2,3)4/h7-15,17-18,42H,1,16,19H2,2-6H3,(H2,38,40,43). The zero-order chi connectivity index (χ0) is 32.0. The van der Waals surface area contributed by atoms with E-state index in [-0.39, 0.29) is 17.0 Å². The number of nitrogens with zero attached hydrogens (tertiary/aromatic N) is 2. The number of phenols is 1. The first-order valence-electron chi connectivity index (χ1n) is 14.2. The lowest BCUT2D eigenvalue weighted by atomic mass is 9.80. The number of nitrogens with one attached hydrogen (secondary N) is 2. The molecule has 0 aliphatic carbocycles. The van der Waals surface area contributed by atoms with Gasteiger partial charge in [-0.3, -0.25) is 5.32 Å². The topological polar surface area (TPSA) is 77.5 Å². The zero-order valence-corrected chi connectivity index (χ0v) is 26.1. The van der Waals surface area contributed by atoms with Crippen LogP contribution in [0.2, 0.25) is 0 Å². The van der Waals surface area contributed by atoms with Crippen molar-refractivity contribution < 1.29 is 23.1 Å². The highest BCUT2D eigenvalue weighted by molar-refractivity contribution is 7.10. The van der Waals surface area contributed by atoms with Gasteiger partial charge >= 0.3 is 12.0 Å². The number of aromatic nitrogens is 1. The molecular formula is C34H35F3N4O2S. The summed E-state index contributed by atoms with van der Waals surface area (Å²) in [6, 6.07) is 15.3. The summed E-state index contributed by atoms with van der Waals surface area (Å²) in [5, 5.41) is 17.3. The first kappa shape index (κ1) is 31.1. The fourth-order valence-corrected chi connectivity index (χ4v) is 6.33. The minimum atomic E-state index is -3.18. The number of thiazole rings is 1. The molecule has 0 saturated carbocycles. The minimum Gasteiger partial charge on any atom is -0.506 e. The van der Waals surface area contributed by atoms with Crippen molar-refractivity contribution in [2.24, 2.45) is 0 Å². The second-order valence-electron chi connectivity index (χ2n) is 12.6. The highest BCUT2D eigenvalue weighted by Crippen LogP contribution is 2.54. The Kier molecular flexibility index (Phi) is 8.01. The molecule has 0 bridgehead atoms. The molecule has 1 aromatic heterocycles. The number of para-hydroxylation sites is 2. The van der Waals surface area contributed by atoms with Crippen molar-refractivity contribution in [2.75, 3.05) is 22.1 Å². The fourth-order valence-electron chi connectivity index (χ4n) is 5.59. The smallest absolute Gasteiger partial charge is 0.324 e. The largest absolute Gasteiger partial charge is 0.506 e. The van der Waals surface area contributed by atoms with E-state index in [1.165, 1.54) is 5.38 Å². The first-order chi connectivity index (χ1) is 20.6. The Morgan fingerprint density at radius 1 is 1.14 bits per heavy atom. The van der Waals surface area contributed by atoms with E-state index < -0.39 is 34.6 Å². The Balaban J connectivity index is 1.49. The molecule has 44 heavy (non-hydrogen) atoms. The molecule has 6 nitrogen and oxygen atoms in total. The number of carbonyl (C=O) groups is 1. The lowest BCUT2D eigenvalue weighted by Crippen LogP contribution is -2.27. The number of hydrogen-bond acceptors (Lipinski definition) is 5. The van der Waals surface area contributed by atoms with Crippen LogP contribution < -0.4 is 15.5 Å². The average Bonchev–Trinajstić information content (AvgIpc) is 3.51. The van der Waals surface area contributed by atoms with Gasteiger partial charge in [-0.15, -0.1) is 17.9 Å². The van der Waals surface area contributed by atoms with Crippen LogP contribution in [0.1, 0.15) is 57.2 Å². The van der Waals surface area contributed by atoms with Gasteiger partial charge in [0.05, 0.1) is 17.1 Å². The van der Waals surface area contributed by atoms with Gasteiger partial charge < -0.3 is 15.3 Å². The summed E-state index contributed by atoms with van der Waals surface area (Å²) >= 11 is 0.746. The number of urea groups is 1. The molecule has 2 heterocycles. The number of amides is 2. The molecule has 10 heteroatoms. The second-order valence-corrected chi connectivity index (χ2v) is 13.5. The van der Waals surface area contributed by atoms with Crippen LogP contribution in [-0.4, -0.2) is 22.7 Å². The van der Waals surface area contributed by atoms with Crippen molar-refractivity contribution in [1.82, 2.24) is 4.98 Å². The molecular weight excluding hydrogens is 585 g/mol. The van der Waals surface area contributed by atoms with Crippen molar-refractivity contribution >= 4 is 40.2 Å². The summed E-state index contributed by atoms with van der Waals surface area (Å²) in [6.45, 7) is 14.1. The Hall–Kier alpha value is -4.31. The van der Waals surface area contributed by atoms with Crippen molar-refractivity contribution in [3.8, 4) is 16.9 Å². The molecule has 3 aromatic carbocycles. The Labute approximate surface area is 259 Å². The van der Waals surface area contributed by atoms with Crippen LogP contribution in [0.25, 0.3) is 11.1 Å². The first-order valence-corrected chi connectivity index (χ1v) is 15.1. The quantitative estimate of drug-likeness (QED) is 0.180. The summed E-state index contributed by atoms with van der Waals surface area (Å²) in [5.41, 5.74) is 3.68. The molecule has 0 radical (unpaired) electrons. The van der Waals surface area contributed by atoms with Gasteiger partial charge in [-0.1, -0.05) is 77.1 Å². The number of carbonyl (C=O) groups excluding carboxylic acids is 1. The molecule has 230 valence electrons. The maximum absolute atomic E-state index is 15.7. The number of fused-ring (bicyclic) bond motifs is 1. The summed E-state index contributed by atoms with van der Waals surface area (Å²) in [5.74, 6) is -3.92. The van der Waals surface area contributed by atoms with Gasteiger partial charge in [-0.25, -0.2) is 14.2 Å². The van der Waals surface area contributed by atoms with E-state index in [2.05, 4.69) is 43.0 Å². The summed E-state index contributed by atoms with van der Waals surface area (Å²) < 4.78 is 44.1. The number of hydrogen-bond donors (Lipinski definition) is 3. The van der Waals surface area contributed by atoms with Crippen molar-refractivity contribution in [2.45, 2.75) is 57.8 Å². The Bertz CT molecular complexity index is 1730. The monoisotopic (exact) mass is 620 g/mol. The van der Waals surface area contributed by atoms with Gasteiger partial charge in [0.25, 0.3) is 0 Å². The maximum Gasteiger partial charge on any atom is 0.324 e. The van der Waals surface area contributed by atoms with Crippen LogP contribution in [0.5, 0.6) is 5.75 Å². The van der Waals surface area contributed by atoms with E-state index in [4.69, 9.17) is 0 Å². The molecule has 0 fully saturated rings. The van der Waals surface area contributed by atoms with Gasteiger partial charge in [0.1, 0.15) is 17.4 Å². The van der Waals surface area contributed by atoms with Crippen LogP contribution in [0.15, 0.2) is 72.6 Å². The number of benzene rings is 3. The summed E-state index contributed by atoms with van der Waals surface area (Å²) in [6.07, 6.45) is 0.557. The van der Waals surface area contributed by atoms with E-state index in [9.17, 15) is 18.7 Å². The van der Waals surface area contributed by atoms with E-state index in [0.29, 0.717) is 40.3 Å². The van der Waals surface area contributed by atoms with E-state index in [0.717, 1.165) is 29.0 Å². The maximum atomic E-state index is 15.7. The number of phenolic OH excluding ortho intramolecular Hbond substituents is 1. The van der Waals surface area contributed by atoms with Crippen LogP contribution in [0, 0.1) is 5.82 Å². The molecule has 0 saturated heterocycles. The van der Waals surface area contributed by atoms with E-state index in [1.807, 2.05) is 43.0 Å². The third-order valence-electron chi connectivity index (χ3n) is 7.67. The number of rotatable bonds is 7. The predicted molar refractivity (Wildman–Crippen MR) is 172 cm³/mol. The molecule has 1 aliphatic heterocycles. The van der Waals surface area contributed by atoms with Crippen molar-refractivity contribution in [3.63, 3.8) is 0 Å². The summed E-state index contributed by atoms with van der Waals surface area (Å²) in [4.78, 5) is 18.7. The number of anilines is 4. The van der Waals surface area contributed by atoms with Gasteiger partial charge in [-0.2, -0.15) is 8.78 Å². The molecule has 1 aliphatic rings. The Morgan fingerprint density at radius 2 is 1.82 bits per heavy atom. The van der Waals surface area contributed by atoms with Crippen LogP contribution in [0.3, 0.4) is 0 Å². The molecule has 2 amide bonds. The van der Waals surface area contributed by atoms with Gasteiger partial charge in [0.2, 0.25) is 0 Å². The molecule has 0 atom stereocenters. The Morgan fingerprint density at radius 3 is 2.48 bits per heavy atom. The normalized spacial score (nSPS) is 14.3. The molecule has 5 rings (SSSR count). The zero-order valence-electron chi connectivity index (χ0n) is 25.3. The molecule has 0 spiro atoms. The van der Waals surface area contributed by atoms with Crippen LogP contribution in [-0.2, 0) is 16.8 Å². The molecule has 3 N–H and O–H groups in total. The van der Waals surface area contributed by atoms with E-state index >= 15 is 4.39 Å². The number of allylic oxidation sites excluding steroid dienone is 1. The molecule has 4 aromatic rings. The number of aromatic hydroxyl groups is 1.